The molecule has 7 nitrogen and oxygen atoms in total. The molecule has 0 unspecified atom stereocenters. The lowest BCUT2D eigenvalue weighted by atomic mass is 10.1. The minimum Gasteiger partial charge on any atom is -0.479 e. The van der Waals surface area contributed by atoms with Gasteiger partial charge in [0, 0.05) is 26.1 Å². The third-order valence-corrected chi connectivity index (χ3v) is 4.65. The van der Waals surface area contributed by atoms with Crippen LogP contribution in [-0.2, 0) is 32.2 Å². The number of aliphatic carboxylic acids is 1. The SMILES string of the molecule is O=C(NCCCC(=O)N1Cc2ccccc2C1)[C@@H]1CC[C@H](C(=O)O)O1. The Labute approximate surface area is 146 Å². The molecular formula is C18H22N2O5. The lowest BCUT2D eigenvalue weighted by Gasteiger charge is -2.16. The quantitative estimate of drug-likeness (QED) is 0.751. The molecule has 0 aromatic heterocycles. The van der Waals surface area contributed by atoms with E-state index in [0.29, 0.717) is 45.3 Å². The highest BCUT2D eigenvalue weighted by molar-refractivity contribution is 5.82. The van der Waals surface area contributed by atoms with Gasteiger partial charge < -0.3 is 20.1 Å². The number of carbonyl (C=O) groups excluding carboxylic acids is 2. The highest BCUT2D eigenvalue weighted by atomic mass is 16.5. The molecule has 0 radical (unpaired) electrons. The van der Waals surface area contributed by atoms with Crippen LogP contribution in [0.25, 0.3) is 0 Å². The Kier molecular flexibility index (Phi) is 5.33. The van der Waals surface area contributed by atoms with Crippen LogP contribution in [0.3, 0.4) is 0 Å². The molecule has 2 amide bonds. The van der Waals surface area contributed by atoms with Gasteiger partial charge in [-0.2, -0.15) is 0 Å². The highest BCUT2D eigenvalue weighted by Gasteiger charge is 2.34. The topological polar surface area (TPSA) is 95.9 Å². The van der Waals surface area contributed by atoms with Gasteiger partial charge in [-0.1, -0.05) is 24.3 Å². The third kappa shape index (κ3) is 4.17. The largest absolute Gasteiger partial charge is 0.479 e. The minimum absolute atomic E-state index is 0.0773. The maximum Gasteiger partial charge on any atom is 0.332 e. The van der Waals surface area contributed by atoms with Crippen molar-refractivity contribution in [3.63, 3.8) is 0 Å². The fourth-order valence-electron chi connectivity index (χ4n) is 3.24. The molecule has 0 aliphatic carbocycles. The van der Waals surface area contributed by atoms with Crippen molar-refractivity contribution in [1.29, 1.82) is 0 Å². The van der Waals surface area contributed by atoms with Gasteiger partial charge in [-0.25, -0.2) is 4.79 Å². The molecule has 2 atom stereocenters. The Bertz CT molecular complexity index is 650. The second kappa shape index (κ2) is 7.65. The van der Waals surface area contributed by atoms with Crippen LogP contribution < -0.4 is 5.32 Å². The molecule has 1 fully saturated rings. The maximum absolute atomic E-state index is 12.3. The van der Waals surface area contributed by atoms with Crippen LogP contribution in [0.15, 0.2) is 24.3 Å². The molecule has 0 bridgehead atoms. The number of nitrogens with one attached hydrogen (secondary N) is 1. The number of rotatable bonds is 6. The fourth-order valence-corrected chi connectivity index (χ4v) is 3.24. The summed E-state index contributed by atoms with van der Waals surface area (Å²) < 4.78 is 5.19. The molecule has 7 heteroatoms. The molecule has 3 rings (SSSR count). The first-order chi connectivity index (χ1) is 12.0. The molecule has 25 heavy (non-hydrogen) atoms. The molecule has 2 aliphatic rings. The van der Waals surface area contributed by atoms with Gasteiger partial charge in [0.2, 0.25) is 11.8 Å². The number of carboxylic acid groups (broad SMARTS) is 1. The maximum atomic E-state index is 12.3. The van der Waals surface area contributed by atoms with Crippen LogP contribution in [0.5, 0.6) is 0 Å². The van der Waals surface area contributed by atoms with Crippen LogP contribution in [0, 0.1) is 0 Å². The molecule has 2 aliphatic heterocycles. The zero-order valence-corrected chi connectivity index (χ0v) is 13.9. The van der Waals surface area contributed by atoms with E-state index in [2.05, 4.69) is 5.32 Å². The van der Waals surface area contributed by atoms with E-state index in [1.165, 1.54) is 11.1 Å². The van der Waals surface area contributed by atoms with Crippen molar-refractivity contribution in [3.05, 3.63) is 35.4 Å². The van der Waals surface area contributed by atoms with Gasteiger partial charge in [0.15, 0.2) is 6.10 Å². The van der Waals surface area contributed by atoms with Crippen LogP contribution in [0.1, 0.15) is 36.8 Å². The zero-order chi connectivity index (χ0) is 17.8. The van der Waals surface area contributed by atoms with Gasteiger partial charge in [-0.05, 0) is 30.4 Å². The number of amides is 2. The lowest BCUT2D eigenvalue weighted by Crippen LogP contribution is -2.36. The Hall–Kier alpha value is -2.41. The second-order valence-corrected chi connectivity index (χ2v) is 6.44. The Morgan fingerprint density at radius 1 is 1.12 bits per heavy atom. The summed E-state index contributed by atoms with van der Waals surface area (Å²) in [5, 5.41) is 11.6. The van der Waals surface area contributed by atoms with E-state index in [1.54, 1.807) is 0 Å². The molecule has 0 spiro atoms. The van der Waals surface area contributed by atoms with E-state index < -0.39 is 18.2 Å². The predicted molar refractivity (Wildman–Crippen MR) is 88.5 cm³/mol. The fraction of sp³-hybridized carbons (Fsp3) is 0.500. The summed E-state index contributed by atoms with van der Waals surface area (Å²) in [6, 6.07) is 8.02. The van der Waals surface area contributed by atoms with Crippen LogP contribution in [-0.4, -0.2) is 46.5 Å². The normalized spacial score (nSPS) is 21.8. The van der Waals surface area contributed by atoms with Gasteiger partial charge in [-0.15, -0.1) is 0 Å². The number of carbonyl (C=O) groups is 3. The van der Waals surface area contributed by atoms with Crippen molar-refractivity contribution in [3.8, 4) is 0 Å². The molecule has 0 saturated carbocycles. The standard InChI is InChI=1S/C18H22N2O5/c21-16(20-10-12-4-1-2-5-13(12)11-20)6-3-9-19-17(22)14-7-8-15(25-14)18(23)24/h1-2,4-5,14-15H,3,6-11H2,(H,19,22)(H,23,24)/t14-,15+/m0/s1. The lowest BCUT2D eigenvalue weighted by molar-refractivity contribution is -0.151. The number of fused-ring (bicyclic) bond motifs is 1. The zero-order valence-electron chi connectivity index (χ0n) is 13.9. The average Bonchev–Trinajstić information content (AvgIpc) is 3.24. The van der Waals surface area contributed by atoms with E-state index in [9.17, 15) is 14.4 Å². The van der Waals surface area contributed by atoms with E-state index in [-0.39, 0.29) is 11.8 Å². The Balaban J connectivity index is 1.34. The minimum atomic E-state index is -1.03. The van der Waals surface area contributed by atoms with Crippen molar-refractivity contribution < 1.29 is 24.2 Å². The van der Waals surface area contributed by atoms with Crippen LogP contribution >= 0.6 is 0 Å². The van der Waals surface area contributed by atoms with Crippen LogP contribution in [0.2, 0.25) is 0 Å². The van der Waals surface area contributed by atoms with Crippen molar-refractivity contribution >= 4 is 17.8 Å². The molecule has 1 aromatic carbocycles. The van der Waals surface area contributed by atoms with Gasteiger partial charge in [-0.3, -0.25) is 9.59 Å². The molecule has 2 N–H and O–H groups in total. The second-order valence-electron chi connectivity index (χ2n) is 6.44. The summed E-state index contributed by atoms with van der Waals surface area (Å²) in [6.07, 6.45) is 0.0817. The van der Waals surface area contributed by atoms with E-state index in [1.807, 2.05) is 29.2 Å². The van der Waals surface area contributed by atoms with Gasteiger partial charge in [0.25, 0.3) is 0 Å². The Morgan fingerprint density at radius 2 is 1.76 bits per heavy atom. The summed E-state index contributed by atoms with van der Waals surface area (Å²) in [4.78, 5) is 36.8. The van der Waals surface area contributed by atoms with Crippen molar-refractivity contribution in [1.82, 2.24) is 10.2 Å². The number of ether oxygens (including phenoxy) is 1. The number of nitrogens with zero attached hydrogens (tertiary/aromatic N) is 1. The third-order valence-electron chi connectivity index (χ3n) is 4.65. The summed E-state index contributed by atoms with van der Waals surface area (Å²) >= 11 is 0. The summed E-state index contributed by atoms with van der Waals surface area (Å²) in [5.74, 6) is -1.26. The van der Waals surface area contributed by atoms with Gasteiger partial charge in [0.1, 0.15) is 6.10 Å². The van der Waals surface area contributed by atoms with Crippen molar-refractivity contribution in [2.75, 3.05) is 6.54 Å². The number of hydrogen-bond donors (Lipinski definition) is 2. The van der Waals surface area contributed by atoms with E-state index in [4.69, 9.17) is 9.84 Å². The smallest absolute Gasteiger partial charge is 0.332 e. The molecule has 134 valence electrons. The van der Waals surface area contributed by atoms with Gasteiger partial charge >= 0.3 is 5.97 Å². The molecule has 1 aromatic rings. The van der Waals surface area contributed by atoms with Gasteiger partial charge in [0.05, 0.1) is 0 Å². The highest BCUT2D eigenvalue weighted by Crippen LogP contribution is 2.23. The first-order valence-electron chi connectivity index (χ1n) is 8.55. The average molecular weight is 346 g/mol. The van der Waals surface area contributed by atoms with E-state index >= 15 is 0 Å². The Morgan fingerprint density at radius 3 is 2.36 bits per heavy atom. The number of benzene rings is 1. The molecular weight excluding hydrogens is 324 g/mol. The first kappa shape index (κ1) is 17.4. The van der Waals surface area contributed by atoms with Crippen LogP contribution in [0.4, 0.5) is 0 Å². The monoisotopic (exact) mass is 346 g/mol. The molecule has 2 heterocycles. The summed E-state index contributed by atoms with van der Waals surface area (Å²) in [5.41, 5.74) is 2.38. The summed E-state index contributed by atoms with van der Waals surface area (Å²) in [6.45, 7) is 1.67. The first-order valence-corrected chi connectivity index (χ1v) is 8.55. The number of hydrogen-bond acceptors (Lipinski definition) is 4. The predicted octanol–water partition coefficient (Wildman–Crippen LogP) is 1.06. The van der Waals surface area contributed by atoms with Crippen molar-refractivity contribution in [2.24, 2.45) is 0 Å². The number of carboxylic acids is 1. The van der Waals surface area contributed by atoms with E-state index in [0.717, 1.165) is 0 Å². The van der Waals surface area contributed by atoms with Crippen molar-refractivity contribution in [2.45, 2.75) is 51.0 Å². The summed E-state index contributed by atoms with van der Waals surface area (Å²) in [7, 11) is 0. The molecule has 1 saturated heterocycles.